The van der Waals surface area contributed by atoms with Crippen LogP contribution < -0.4 is 5.32 Å². The number of rotatable bonds is 8. The molecular weight excluding hydrogens is 248 g/mol. The molecule has 4 heteroatoms. The van der Waals surface area contributed by atoms with Gasteiger partial charge in [0.05, 0.1) is 12.6 Å². The summed E-state index contributed by atoms with van der Waals surface area (Å²) < 4.78 is 32.7. The monoisotopic (exact) mass is 271 g/mol. The summed E-state index contributed by atoms with van der Waals surface area (Å²) in [6.45, 7) is 7.53. The van der Waals surface area contributed by atoms with E-state index in [1.54, 1.807) is 13.0 Å². The minimum atomic E-state index is -0.517. The van der Waals surface area contributed by atoms with Gasteiger partial charge < -0.3 is 10.1 Å². The third kappa shape index (κ3) is 4.88. The normalized spacial score (nSPS) is 12.7. The lowest BCUT2D eigenvalue weighted by atomic mass is 10.0. The Balaban J connectivity index is 2.85. The summed E-state index contributed by atoms with van der Waals surface area (Å²) in [6, 6.07) is 2.28. The van der Waals surface area contributed by atoms with Gasteiger partial charge in [-0.2, -0.15) is 0 Å². The second kappa shape index (κ2) is 8.23. The van der Waals surface area contributed by atoms with Gasteiger partial charge in [0, 0.05) is 18.2 Å². The summed E-state index contributed by atoms with van der Waals surface area (Å²) in [5.41, 5.74) is 0.929. The van der Waals surface area contributed by atoms with E-state index in [1.165, 1.54) is 0 Å². The number of ether oxygens (including phenoxy) is 1. The fourth-order valence-electron chi connectivity index (χ4n) is 1.87. The quantitative estimate of drug-likeness (QED) is 0.727. The maximum Gasteiger partial charge on any atom is 0.131 e. The first kappa shape index (κ1) is 16.1. The van der Waals surface area contributed by atoms with E-state index in [9.17, 15) is 8.78 Å². The summed E-state index contributed by atoms with van der Waals surface area (Å²) in [6.07, 6.45) is 1.87. The van der Waals surface area contributed by atoms with Crippen molar-refractivity contribution in [3.05, 3.63) is 34.9 Å². The number of hydrogen-bond donors (Lipinski definition) is 1. The Labute approximate surface area is 114 Å². The standard InChI is InChI=1S/C15H23F2NO/c1-4-6-18-15(10-19-7-5-2)12-8-11(3)13(16)9-14(12)17/h8-9,15,18H,4-7,10H2,1-3H3. The molecule has 0 aliphatic heterocycles. The van der Waals surface area contributed by atoms with E-state index in [0.29, 0.717) is 24.3 Å². The molecule has 0 saturated carbocycles. The van der Waals surface area contributed by atoms with Crippen molar-refractivity contribution in [2.75, 3.05) is 19.8 Å². The van der Waals surface area contributed by atoms with Crippen LogP contribution in [0.3, 0.4) is 0 Å². The second-order valence-corrected chi connectivity index (χ2v) is 4.70. The van der Waals surface area contributed by atoms with Gasteiger partial charge >= 0.3 is 0 Å². The molecule has 108 valence electrons. The van der Waals surface area contributed by atoms with Crippen molar-refractivity contribution in [1.29, 1.82) is 0 Å². The van der Waals surface area contributed by atoms with Crippen LogP contribution in [0.1, 0.15) is 43.9 Å². The highest BCUT2D eigenvalue weighted by Crippen LogP contribution is 2.21. The van der Waals surface area contributed by atoms with Crippen molar-refractivity contribution in [2.45, 2.75) is 39.7 Å². The average Bonchev–Trinajstić information content (AvgIpc) is 2.38. The van der Waals surface area contributed by atoms with Crippen molar-refractivity contribution in [3.8, 4) is 0 Å². The Morgan fingerprint density at radius 1 is 1.16 bits per heavy atom. The lowest BCUT2D eigenvalue weighted by molar-refractivity contribution is 0.111. The highest BCUT2D eigenvalue weighted by molar-refractivity contribution is 5.28. The summed E-state index contributed by atoms with van der Waals surface area (Å²) >= 11 is 0. The van der Waals surface area contributed by atoms with Gasteiger partial charge in [-0.15, -0.1) is 0 Å². The Hall–Kier alpha value is -1.00. The molecular formula is C15H23F2NO. The molecule has 0 aliphatic rings. The van der Waals surface area contributed by atoms with E-state index in [2.05, 4.69) is 5.32 Å². The molecule has 0 aromatic heterocycles. The highest BCUT2D eigenvalue weighted by Gasteiger charge is 2.17. The molecule has 1 aromatic carbocycles. The smallest absolute Gasteiger partial charge is 0.131 e. The van der Waals surface area contributed by atoms with Gasteiger partial charge in [0.25, 0.3) is 0 Å². The lowest BCUT2D eigenvalue weighted by Gasteiger charge is -2.20. The van der Waals surface area contributed by atoms with Crippen molar-refractivity contribution in [1.82, 2.24) is 5.32 Å². The molecule has 0 fully saturated rings. The molecule has 0 bridgehead atoms. The first-order valence-electron chi connectivity index (χ1n) is 6.86. The number of hydrogen-bond acceptors (Lipinski definition) is 2. The molecule has 1 unspecified atom stereocenters. The van der Waals surface area contributed by atoms with Crippen LogP contribution in [0.5, 0.6) is 0 Å². The van der Waals surface area contributed by atoms with Gasteiger partial charge in [-0.25, -0.2) is 8.78 Å². The molecule has 1 atom stereocenters. The van der Waals surface area contributed by atoms with E-state index >= 15 is 0 Å². The van der Waals surface area contributed by atoms with Gasteiger partial charge in [-0.05, 0) is 37.9 Å². The molecule has 1 N–H and O–H groups in total. The number of aryl methyl sites for hydroxylation is 1. The molecule has 0 amide bonds. The molecule has 19 heavy (non-hydrogen) atoms. The summed E-state index contributed by atoms with van der Waals surface area (Å²) in [7, 11) is 0. The number of nitrogens with one attached hydrogen (secondary N) is 1. The molecule has 1 rings (SSSR count). The predicted octanol–water partition coefficient (Wildman–Crippen LogP) is 3.74. The van der Waals surface area contributed by atoms with E-state index in [0.717, 1.165) is 25.5 Å². The molecule has 0 heterocycles. The first-order valence-corrected chi connectivity index (χ1v) is 6.86. The zero-order chi connectivity index (χ0) is 14.3. The summed E-state index contributed by atoms with van der Waals surface area (Å²) in [5.74, 6) is -1.03. The maximum atomic E-state index is 13.9. The van der Waals surface area contributed by atoms with Gasteiger partial charge in [-0.3, -0.25) is 0 Å². The molecule has 2 nitrogen and oxygen atoms in total. The van der Waals surface area contributed by atoms with Crippen LogP contribution in [0.15, 0.2) is 12.1 Å². The number of halogens is 2. The molecule has 0 radical (unpaired) electrons. The Morgan fingerprint density at radius 2 is 1.89 bits per heavy atom. The van der Waals surface area contributed by atoms with Gasteiger partial charge in [0.1, 0.15) is 11.6 Å². The van der Waals surface area contributed by atoms with Crippen LogP contribution in [0.4, 0.5) is 8.78 Å². The largest absolute Gasteiger partial charge is 0.379 e. The fourth-order valence-corrected chi connectivity index (χ4v) is 1.87. The minimum Gasteiger partial charge on any atom is -0.379 e. The average molecular weight is 271 g/mol. The minimum absolute atomic E-state index is 0.231. The lowest BCUT2D eigenvalue weighted by Crippen LogP contribution is -2.27. The first-order chi connectivity index (χ1) is 9.10. The topological polar surface area (TPSA) is 21.3 Å². The van der Waals surface area contributed by atoms with Crippen molar-refractivity contribution >= 4 is 0 Å². The van der Waals surface area contributed by atoms with E-state index in [-0.39, 0.29) is 6.04 Å². The molecule has 0 saturated heterocycles. The van der Waals surface area contributed by atoms with Crippen LogP contribution in [-0.4, -0.2) is 19.8 Å². The Kier molecular flexibility index (Phi) is 6.95. The van der Waals surface area contributed by atoms with Crippen LogP contribution in [0.2, 0.25) is 0 Å². The van der Waals surface area contributed by atoms with E-state index in [4.69, 9.17) is 4.74 Å². The molecule has 1 aromatic rings. The predicted molar refractivity (Wildman–Crippen MR) is 73.2 cm³/mol. The summed E-state index contributed by atoms with van der Waals surface area (Å²) in [4.78, 5) is 0. The van der Waals surface area contributed by atoms with Gasteiger partial charge in [0.15, 0.2) is 0 Å². The van der Waals surface area contributed by atoms with Crippen molar-refractivity contribution in [2.24, 2.45) is 0 Å². The fraction of sp³-hybridized carbons (Fsp3) is 0.600. The Morgan fingerprint density at radius 3 is 2.53 bits per heavy atom. The van der Waals surface area contributed by atoms with Crippen LogP contribution >= 0.6 is 0 Å². The highest BCUT2D eigenvalue weighted by atomic mass is 19.1. The third-order valence-electron chi connectivity index (χ3n) is 2.93. The van der Waals surface area contributed by atoms with Crippen LogP contribution in [-0.2, 0) is 4.74 Å². The van der Waals surface area contributed by atoms with E-state index < -0.39 is 11.6 Å². The molecule has 0 spiro atoms. The van der Waals surface area contributed by atoms with Gasteiger partial charge in [0.2, 0.25) is 0 Å². The van der Waals surface area contributed by atoms with Crippen molar-refractivity contribution < 1.29 is 13.5 Å². The third-order valence-corrected chi connectivity index (χ3v) is 2.93. The maximum absolute atomic E-state index is 13.9. The SMILES string of the molecule is CCCNC(COCCC)c1cc(C)c(F)cc1F. The second-order valence-electron chi connectivity index (χ2n) is 4.70. The zero-order valence-corrected chi connectivity index (χ0v) is 11.9. The van der Waals surface area contributed by atoms with E-state index in [1.807, 2.05) is 13.8 Å². The van der Waals surface area contributed by atoms with Gasteiger partial charge in [-0.1, -0.05) is 13.8 Å². The van der Waals surface area contributed by atoms with Crippen LogP contribution in [0.25, 0.3) is 0 Å². The van der Waals surface area contributed by atoms with Crippen LogP contribution in [0, 0.1) is 18.6 Å². The Bertz CT molecular complexity index is 396. The summed E-state index contributed by atoms with van der Waals surface area (Å²) in [5, 5.41) is 3.24. The molecule has 0 aliphatic carbocycles. The van der Waals surface area contributed by atoms with Crippen molar-refractivity contribution in [3.63, 3.8) is 0 Å². The zero-order valence-electron chi connectivity index (χ0n) is 11.9. The number of benzene rings is 1.